The largest absolute Gasteiger partial charge is 0.467 e. The third-order valence-corrected chi connectivity index (χ3v) is 6.02. The Balaban J connectivity index is 2.00. The van der Waals surface area contributed by atoms with Crippen molar-refractivity contribution < 1.29 is 9.47 Å². The minimum Gasteiger partial charge on any atom is -0.467 e. The maximum atomic E-state index is 5.80. The fraction of sp³-hybridized carbons (Fsp3) is 0.208. The van der Waals surface area contributed by atoms with E-state index in [1.807, 2.05) is 36.4 Å². The van der Waals surface area contributed by atoms with Crippen LogP contribution in [-0.4, -0.2) is 19.6 Å². The van der Waals surface area contributed by atoms with Crippen LogP contribution in [-0.2, 0) is 4.74 Å². The zero-order chi connectivity index (χ0) is 19.9. The van der Waals surface area contributed by atoms with Crippen LogP contribution in [0.25, 0.3) is 0 Å². The monoisotopic (exact) mass is 391 g/mol. The molecule has 3 aromatic carbocycles. The van der Waals surface area contributed by atoms with Gasteiger partial charge in [0.25, 0.3) is 0 Å². The van der Waals surface area contributed by atoms with Gasteiger partial charge in [-0.1, -0.05) is 56.6 Å². The van der Waals surface area contributed by atoms with Crippen molar-refractivity contribution in [2.45, 2.75) is 20.8 Å². The molecule has 0 spiro atoms. The van der Waals surface area contributed by atoms with Gasteiger partial charge in [0.05, 0.1) is 5.69 Å². The summed E-state index contributed by atoms with van der Waals surface area (Å²) in [6, 6.07) is 22.8. The molecule has 3 rings (SSSR count). The second-order valence-corrected chi connectivity index (χ2v) is 7.99. The number of methoxy groups -OCH3 is 1. The lowest BCUT2D eigenvalue weighted by Gasteiger charge is -2.16. The number of ether oxygens (including phenoxy) is 2. The van der Waals surface area contributed by atoms with E-state index >= 15 is 0 Å². The van der Waals surface area contributed by atoms with Crippen molar-refractivity contribution in [2.24, 2.45) is 4.99 Å². The number of nitrogens with zero attached hydrogens (tertiary/aromatic N) is 1. The third kappa shape index (κ3) is 5.07. The molecule has 1 unspecified atom stereocenters. The molecule has 0 aliphatic rings. The van der Waals surface area contributed by atoms with Crippen LogP contribution >= 0.6 is 8.58 Å². The van der Waals surface area contributed by atoms with Crippen LogP contribution in [0.4, 0.5) is 5.69 Å². The summed E-state index contributed by atoms with van der Waals surface area (Å²) in [5, 5.41) is 2.48. The molecule has 0 aliphatic carbocycles. The van der Waals surface area contributed by atoms with Gasteiger partial charge in [0.1, 0.15) is 5.75 Å². The van der Waals surface area contributed by atoms with Crippen molar-refractivity contribution in [1.29, 1.82) is 0 Å². The predicted molar refractivity (Wildman–Crippen MR) is 121 cm³/mol. The van der Waals surface area contributed by atoms with Crippen LogP contribution in [0.3, 0.4) is 0 Å². The minimum atomic E-state index is 0.246. The van der Waals surface area contributed by atoms with E-state index in [1.54, 1.807) is 7.11 Å². The Morgan fingerprint density at radius 2 is 1.75 bits per heavy atom. The molecule has 0 heterocycles. The van der Waals surface area contributed by atoms with Crippen LogP contribution < -0.4 is 15.3 Å². The lowest BCUT2D eigenvalue weighted by Crippen LogP contribution is -2.17. The maximum absolute atomic E-state index is 5.80. The van der Waals surface area contributed by atoms with E-state index in [4.69, 9.17) is 14.5 Å². The van der Waals surface area contributed by atoms with Crippen LogP contribution in [0.1, 0.15) is 23.6 Å². The molecule has 4 heteroatoms. The van der Waals surface area contributed by atoms with Crippen molar-refractivity contribution in [3.63, 3.8) is 0 Å². The molecule has 1 atom stereocenters. The molecule has 3 nitrogen and oxygen atoms in total. The second-order valence-electron chi connectivity index (χ2n) is 6.71. The summed E-state index contributed by atoms with van der Waals surface area (Å²) in [6.07, 6.45) is 0. The predicted octanol–water partition coefficient (Wildman–Crippen LogP) is 5.06. The summed E-state index contributed by atoms with van der Waals surface area (Å²) in [5.74, 6) is 0.873. The first-order valence-electron chi connectivity index (χ1n) is 9.28. The Morgan fingerprint density at radius 3 is 2.50 bits per heavy atom. The first-order chi connectivity index (χ1) is 13.6. The smallest absolute Gasteiger partial charge is 0.188 e. The van der Waals surface area contributed by atoms with E-state index in [0.29, 0.717) is 8.58 Å². The number of hydrogen-bond acceptors (Lipinski definition) is 3. The average Bonchev–Trinajstić information content (AvgIpc) is 2.69. The molecular weight excluding hydrogens is 365 g/mol. The zero-order valence-corrected chi connectivity index (χ0v) is 17.8. The maximum Gasteiger partial charge on any atom is 0.188 e. The lowest BCUT2D eigenvalue weighted by atomic mass is 10.1. The summed E-state index contributed by atoms with van der Waals surface area (Å²) < 4.78 is 10.9. The highest BCUT2D eigenvalue weighted by Gasteiger charge is 2.13. The fourth-order valence-corrected chi connectivity index (χ4v) is 4.54. The zero-order valence-electron chi connectivity index (χ0n) is 16.8. The van der Waals surface area contributed by atoms with E-state index in [1.165, 1.54) is 27.3 Å². The van der Waals surface area contributed by atoms with Crippen molar-refractivity contribution in [2.75, 3.05) is 13.9 Å². The van der Waals surface area contributed by atoms with Gasteiger partial charge in [-0.2, -0.15) is 0 Å². The van der Waals surface area contributed by atoms with Crippen molar-refractivity contribution >= 4 is 30.6 Å². The van der Waals surface area contributed by atoms with Gasteiger partial charge >= 0.3 is 0 Å². The molecule has 28 heavy (non-hydrogen) atoms. The highest BCUT2D eigenvalue weighted by atomic mass is 31.1. The first-order valence-corrected chi connectivity index (χ1v) is 10.3. The topological polar surface area (TPSA) is 30.8 Å². The van der Waals surface area contributed by atoms with Crippen molar-refractivity contribution in [1.82, 2.24) is 0 Å². The molecule has 0 amide bonds. The number of benzene rings is 3. The van der Waals surface area contributed by atoms with Gasteiger partial charge in [0.15, 0.2) is 6.79 Å². The van der Waals surface area contributed by atoms with Gasteiger partial charge in [-0.25, -0.2) is 0 Å². The second kappa shape index (κ2) is 9.64. The van der Waals surface area contributed by atoms with Crippen LogP contribution in [0.5, 0.6) is 5.75 Å². The quantitative estimate of drug-likeness (QED) is 0.320. The molecule has 0 radical (unpaired) electrons. The molecule has 0 N–H and O–H groups in total. The van der Waals surface area contributed by atoms with E-state index in [2.05, 4.69) is 51.1 Å². The Labute approximate surface area is 169 Å². The molecule has 0 aromatic heterocycles. The first kappa shape index (κ1) is 20.3. The highest BCUT2D eigenvalue weighted by molar-refractivity contribution is 7.56. The molecule has 0 bridgehead atoms. The van der Waals surface area contributed by atoms with Crippen LogP contribution in [0, 0.1) is 13.8 Å². The average molecular weight is 391 g/mol. The summed E-state index contributed by atoms with van der Waals surface area (Å²) in [6.45, 7) is 6.59. The molecular formula is C24H26NO2P. The third-order valence-electron chi connectivity index (χ3n) is 4.44. The van der Waals surface area contributed by atoms with Crippen molar-refractivity contribution in [3.05, 3.63) is 83.4 Å². The van der Waals surface area contributed by atoms with Crippen LogP contribution in [0.15, 0.2) is 71.7 Å². The van der Waals surface area contributed by atoms with Crippen LogP contribution in [0.2, 0.25) is 0 Å². The number of hydrogen-bond donors (Lipinski definition) is 0. The number of para-hydroxylation sites is 1. The van der Waals surface area contributed by atoms with Gasteiger partial charge < -0.3 is 9.47 Å². The van der Waals surface area contributed by atoms with Crippen molar-refractivity contribution in [3.8, 4) is 5.75 Å². The Kier molecular flexibility index (Phi) is 6.97. The summed E-state index contributed by atoms with van der Waals surface area (Å²) in [4.78, 5) is 4.83. The van der Waals surface area contributed by atoms with Gasteiger partial charge in [-0.3, -0.25) is 4.99 Å². The van der Waals surface area contributed by atoms with Gasteiger partial charge in [-0.15, -0.1) is 0 Å². The normalized spacial score (nSPS) is 11.9. The lowest BCUT2D eigenvalue weighted by molar-refractivity contribution is 0.0519. The summed E-state index contributed by atoms with van der Waals surface area (Å²) in [5.41, 5.74) is 5.65. The number of rotatable bonds is 7. The Morgan fingerprint density at radius 1 is 0.964 bits per heavy atom. The summed E-state index contributed by atoms with van der Waals surface area (Å²) >= 11 is 0. The molecule has 0 aliphatic heterocycles. The van der Waals surface area contributed by atoms with E-state index in [0.717, 1.165) is 17.1 Å². The van der Waals surface area contributed by atoms with E-state index < -0.39 is 0 Å². The van der Waals surface area contributed by atoms with E-state index in [-0.39, 0.29) is 6.79 Å². The van der Waals surface area contributed by atoms with E-state index in [9.17, 15) is 0 Å². The van der Waals surface area contributed by atoms with Gasteiger partial charge in [0.2, 0.25) is 0 Å². The standard InChI is InChI=1S/C24H26NO2P/c1-17-13-14-22(27-16-26-4)23(15-17)28-24-18(2)9-8-12-21(24)19(3)25-20-10-6-5-7-11-20/h5-15,28H,16H2,1-4H3. The fourth-order valence-electron chi connectivity index (χ4n) is 3.02. The molecule has 0 fully saturated rings. The summed E-state index contributed by atoms with van der Waals surface area (Å²) in [7, 11) is 2.11. The highest BCUT2D eigenvalue weighted by Crippen LogP contribution is 2.25. The van der Waals surface area contributed by atoms with Gasteiger partial charge in [-0.05, 0) is 55.9 Å². The molecule has 144 valence electrons. The molecule has 0 saturated carbocycles. The number of aliphatic imine (C=N–C) groups is 1. The SMILES string of the molecule is COCOc1ccc(C)cc1Pc1c(C)cccc1C(C)=Nc1ccccc1. The Hall–Kier alpha value is -2.48. The Bertz CT molecular complexity index is 968. The molecule has 0 saturated heterocycles. The number of aryl methyl sites for hydroxylation is 2. The minimum absolute atomic E-state index is 0.246. The van der Waals surface area contributed by atoms with Gasteiger partial charge in [0, 0.05) is 23.7 Å². The molecule has 3 aromatic rings.